The van der Waals surface area contributed by atoms with Crippen LogP contribution in [-0.4, -0.2) is 16.1 Å². The molecular formula is C14H16F3N3. The minimum Gasteiger partial charge on any atom is -0.355 e. The summed E-state index contributed by atoms with van der Waals surface area (Å²) < 4.78 is 39.8. The average molecular weight is 283 g/mol. The van der Waals surface area contributed by atoms with Crippen molar-refractivity contribution >= 4 is 5.95 Å². The van der Waals surface area contributed by atoms with E-state index in [-0.39, 0.29) is 0 Å². The van der Waals surface area contributed by atoms with Gasteiger partial charge in [0.1, 0.15) is 0 Å². The topological polar surface area (TPSA) is 29.9 Å². The zero-order chi connectivity index (χ0) is 14.8. The molecule has 0 radical (unpaired) electrons. The zero-order valence-corrected chi connectivity index (χ0v) is 11.3. The second-order valence-electron chi connectivity index (χ2n) is 4.94. The number of hydrogen-bond donors (Lipinski definition) is 1. The first-order valence-electron chi connectivity index (χ1n) is 6.33. The van der Waals surface area contributed by atoms with Gasteiger partial charge in [0.15, 0.2) is 0 Å². The van der Waals surface area contributed by atoms with E-state index in [1.807, 2.05) is 13.8 Å². The summed E-state index contributed by atoms with van der Waals surface area (Å²) >= 11 is 0. The molecule has 2 rings (SSSR count). The van der Waals surface area contributed by atoms with Gasteiger partial charge in [-0.2, -0.15) is 13.2 Å². The summed E-state index contributed by atoms with van der Waals surface area (Å²) in [7, 11) is 0. The number of benzene rings is 1. The van der Waals surface area contributed by atoms with Gasteiger partial charge in [0.25, 0.3) is 0 Å². The molecule has 1 aromatic heterocycles. The summed E-state index contributed by atoms with van der Waals surface area (Å²) in [5.74, 6) is 0.958. The van der Waals surface area contributed by atoms with Crippen molar-refractivity contribution in [3.63, 3.8) is 0 Å². The van der Waals surface area contributed by atoms with Crippen molar-refractivity contribution in [1.82, 2.24) is 9.55 Å². The Bertz CT molecular complexity index is 573. The number of hydrogen-bond acceptors (Lipinski definition) is 2. The van der Waals surface area contributed by atoms with Crippen LogP contribution in [0, 0.1) is 5.92 Å². The van der Waals surface area contributed by atoms with E-state index in [0.717, 1.165) is 12.1 Å². The highest BCUT2D eigenvalue weighted by atomic mass is 19.4. The first kappa shape index (κ1) is 14.4. The largest absolute Gasteiger partial charge is 0.416 e. The average Bonchev–Trinajstić information content (AvgIpc) is 2.83. The first-order valence-corrected chi connectivity index (χ1v) is 6.33. The highest BCUT2D eigenvalue weighted by molar-refractivity contribution is 5.44. The van der Waals surface area contributed by atoms with Crippen molar-refractivity contribution in [1.29, 1.82) is 0 Å². The Hall–Kier alpha value is -1.98. The van der Waals surface area contributed by atoms with E-state index >= 15 is 0 Å². The molecule has 0 saturated carbocycles. The van der Waals surface area contributed by atoms with Crippen LogP contribution in [0.5, 0.6) is 0 Å². The van der Waals surface area contributed by atoms with Crippen LogP contribution in [-0.2, 0) is 6.18 Å². The van der Waals surface area contributed by atoms with Crippen molar-refractivity contribution in [3.8, 4) is 5.69 Å². The van der Waals surface area contributed by atoms with E-state index in [1.165, 1.54) is 6.07 Å². The Morgan fingerprint density at radius 1 is 1.30 bits per heavy atom. The Morgan fingerprint density at radius 3 is 2.70 bits per heavy atom. The van der Waals surface area contributed by atoms with Gasteiger partial charge in [-0.3, -0.25) is 4.57 Å². The fraction of sp³-hybridized carbons (Fsp3) is 0.357. The summed E-state index contributed by atoms with van der Waals surface area (Å²) in [6.07, 6.45) is -1.15. The maximum atomic E-state index is 12.7. The van der Waals surface area contributed by atoms with E-state index < -0.39 is 11.7 Å². The molecule has 1 aromatic carbocycles. The summed E-state index contributed by atoms with van der Waals surface area (Å²) in [6, 6.07) is 5.19. The van der Waals surface area contributed by atoms with Crippen LogP contribution in [0.3, 0.4) is 0 Å². The SMILES string of the molecule is CC(C)CNc1nccn1-c1cccc(C(F)(F)F)c1. The van der Waals surface area contributed by atoms with Crippen molar-refractivity contribution in [2.45, 2.75) is 20.0 Å². The van der Waals surface area contributed by atoms with Gasteiger partial charge < -0.3 is 5.32 Å². The van der Waals surface area contributed by atoms with Gasteiger partial charge >= 0.3 is 6.18 Å². The molecule has 108 valence electrons. The molecule has 0 atom stereocenters. The normalized spacial score (nSPS) is 11.9. The van der Waals surface area contributed by atoms with Gasteiger partial charge in [-0.1, -0.05) is 19.9 Å². The van der Waals surface area contributed by atoms with Gasteiger partial charge in [0.05, 0.1) is 5.56 Å². The number of halogens is 3. The van der Waals surface area contributed by atoms with E-state index in [9.17, 15) is 13.2 Å². The summed E-state index contributed by atoms with van der Waals surface area (Å²) in [5, 5.41) is 3.12. The first-order chi connectivity index (χ1) is 9.38. The molecule has 0 spiro atoms. The zero-order valence-electron chi connectivity index (χ0n) is 11.3. The Morgan fingerprint density at radius 2 is 2.05 bits per heavy atom. The Kier molecular flexibility index (Phi) is 4.01. The van der Waals surface area contributed by atoms with Crippen LogP contribution in [0.1, 0.15) is 19.4 Å². The smallest absolute Gasteiger partial charge is 0.355 e. The Labute approximate surface area is 115 Å². The molecule has 0 bridgehead atoms. The van der Waals surface area contributed by atoms with Crippen molar-refractivity contribution < 1.29 is 13.2 Å². The highest BCUT2D eigenvalue weighted by Crippen LogP contribution is 2.30. The number of anilines is 1. The van der Waals surface area contributed by atoms with Crippen LogP contribution >= 0.6 is 0 Å². The lowest BCUT2D eigenvalue weighted by molar-refractivity contribution is -0.137. The second kappa shape index (κ2) is 5.56. The monoisotopic (exact) mass is 283 g/mol. The summed E-state index contributed by atoms with van der Waals surface area (Å²) in [4.78, 5) is 4.13. The van der Waals surface area contributed by atoms with Crippen LogP contribution in [0.2, 0.25) is 0 Å². The molecule has 0 aliphatic carbocycles. The molecule has 0 aliphatic rings. The van der Waals surface area contributed by atoms with Crippen molar-refractivity contribution in [2.24, 2.45) is 5.92 Å². The standard InChI is InChI=1S/C14H16F3N3/c1-10(2)9-19-13-18-6-7-20(13)12-5-3-4-11(8-12)14(15,16)17/h3-8,10H,9H2,1-2H3,(H,18,19). The number of rotatable bonds is 4. The lowest BCUT2D eigenvalue weighted by atomic mass is 10.2. The lowest BCUT2D eigenvalue weighted by Gasteiger charge is -2.13. The van der Waals surface area contributed by atoms with Gasteiger partial charge in [-0.25, -0.2) is 4.98 Å². The number of imidazole rings is 1. The maximum absolute atomic E-state index is 12.7. The third-order valence-corrected chi connectivity index (χ3v) is 2.76. The van der Waals surface area contributed by atoms with Gasteiger partial charge in [0, 0.05) is 24.6 Å². The molecule has 6 heteroatoms. The minimum atomic E-state index is -4.35. The summed E-state index contributed by atoms with van der Waals surface area (Å²) in [5.41, 5.74) is -0.234. The van der Waals surface area contributed by atoms with Crippen molar-refractivity contribution in [2.75, 3.05) is 11.9 Å². The molecule has 1 N–H and O–H groups in total. The van der Waals surface area contributed by atoms with Gasteiger partial charge in [-0.05, 0) is 24.1 Å². The van der Waals surface area contributed by atoms with E-state index in [4.69, 9.17) is 0 Å². The predicted molar refractivity (Wildman–Crippen MR) is 71.9 cm³/mol. The highest BCUT2D eigenvalue weighted by Gasteiger charge is 2.30. The second-order valence-corrected chi connectivity index (χ2v) is 4.94. The maximum Gasteiger partial charge on any atom is 0.416 e. The van der Waals surface area contributed by atoms with Crippen LogP contribution in [0.15, 0.2) is 36.7 Å². The molecule has 0 saturated heterocycles. The number of alkyl halides is 3. The molecule has 2 aromatic rings. The number of nitrogens with zero attached hydrogens (tertiary/aromatic N) is 2. The molecule has 0 aliphatic heterocycles. The number of aromatic nitrogens is 2. The lowest BCUT2D eigenvalue weighted by Crippen LogP contribution is -2.12. The number of nitrogens with one attached hydrogen (secondary N) is 1. The minimum absolute atomic E-state index is 0.418. The van der Waals surface area contributed by atoms with Gasteiger partial charge in [0.2, 0.25) is 5.95 Å². The molecule has 20 heavy (non-hydrogen) atoms. The molecule has 0 amide bonds. The quantitative estimate of drug-likeness (QED) is 0.920. The van der Waals surface area contributed by atoms with Crippen LogP contribution < -0.4 is 5.32 Å². The Balaban J connectivity index is 2.30. The molecule has 1 heterocycles. The van der Waals surface area contributed by atoms with Crippen LogP contribution in [0.4, 0.5) is 19.1 Å². The predicted octanol–water partition coefficient (Wildman–Crippen LogP) is 3.96. The fourth-order valence-corrected chi connectivity index (χ4v) is 1.77. The molecule has 0 fully saturated rings. The van der Waals surface area contributed by atoms with Crippen molar-refractivity contribution in [3.05, 3.63) is 42.2 Å². The summed E-state index contributed by atoms with van der Waals surface area (Å²) in [6.45, 7) is 4.80. The fourth-order valence-electron chi connectivity index (χ4n) is 1.77. The van der Waals surface area contributed by atoms with E-state index in [1.54, 1.807) is 23.0 Å². The van der Waals surface area contributed by atoms with Gasteiger partial charge in [-0.15, -0.1) is 0 Å². The molecule has 3 nitrogen and oxygen atoms in total. The van der Waals surface area contributed by atoms with E-state index in [2.05, 4.69) is 10.3 Å². The van der Waals surface area contributed by atoms with E-state index in [0.29, 0.717) is 24.1 Å². The molecular weight excluding hydrogens is 267 g/mol. The third-order valence-electron chi connectivity index (χ3n) is 2.76. The van der Waals surface area contributed by atoms with Crippen LogP contribution in [0.25, 0.3) is 5.69 Å². The third kappa shape index (κ3) is 3.31. The molecule has 0 unspecified atom stereocenters.